The fourth-order valence-electron chi connectivity index (χ4n) is 2.79. The number of aryl methyl sites for hydroxylation is 1. The Bertz CT molecular complexity index is 657. The molecule has 2 heterocycles. The lowest BCUT2D eigenvalue weighted by atomic mass is 9.94. The van der Waals surface area contributed by atoms with E-state index in [0.29, 0.717) is 31.6 Å². The second-order valence-corrected chi connectivity index (χ2v) is 5.69. The molecule has 0 radical (unpaired) electrons. The number of carbonyl (C=O) groups is 1. The lowest BCUT2D eigenvalue weighted by Gasteiger charge is -2.32. The van der Waals surface area contributed by atoms with Crippen LogP contribution in [0.25, 0.3) is 10.9 Å². The van der Waals surface area contributed by atoms with Crippen LogP contribution >= 0.6 is 0 Å². The summed E-state index contributed by atoms with van der Waals surface area (Å²) >= 11 is 0. The van der Waals surface area contributed by atoms with Crippen molar-refractivity contribution in [1.82, 2.24) is 9.88 Å². The molecule has 1 aliphatic rings. The van der Waals surface area contributed by atoms with Gasteiger partial charge in [0.05, 0.1) is 11.2 Å². The smallest absolute Gasteiger partial charge is 0.253 e. The monoisotopic (exact) mass is 288 g/mol. The molecule has 1 amide bonds. The molecule has 1 saturated heterocycles. The highest BCUT2D eigenvalue weighted by Gasteiger charge is 2.30. The van der Waals surface area contributed by atoms with E-state index in [1.54, 1.807) is 0 Å². The van der Waals surface area contributed by atoms with E-state index in [1.165, 1.54) is 0 Å². The number of hydrogen-bond acceptors (Lipinski definition) is 3. The number of para-hydroxylation sites is 1. The number of benzene rings is 1. The summed E-state index contributed by atoms with van der Waals surface area (Å²) in [5.41, 5.74) is 0.814. The summed E-state index contributed by atoms with van der Waals surface area (Å²) in [5, 5.41) is 14.2. The number of hydrogen-bond donors (Lipinski definition) is 2. The van der Waals surface area contributed by atoms with E-state index in [-0.39, 0.29) is 12.5 Å². The normalized spacial score (nSPS) is 17.8. The van der Waals surface area contributed by atoms with E-state index in [1.807, 2.05) is 42.1 Å². The Balaban J connectivity index is 1.75. The molecule has 0 atom stereocenters. The third-order valence-corrected chi connectivity index (χ3v) is 4.14. The summed E-state index contributed by atoms with van der Waals surface area (Å²) in [7, 11) is 1.92. The van der Waals surface area contributed by atoms with Gasteiger partial charge in [-0.2, -0.15) is 0 Å². The Morgan fingerprint density at radius 2 is 2.10 bits per heavy atom. The highest BCUT2D eigenvalue weighted by Crippen LogP contribution is 2.22. The number of nitrogens with one attached hydrogen (secondary N) is 1. The molecule has 0 aliphatic carbocycles. The summed E-state index contributed by atoms with van der Waals surface area (Å²) in [6.45, 7) is 1.35. The fourth-order valence-corrected chi connectivity index (χ4v) is 2.79. The van der Waals surface area contributed by atoms with Crippen molar-refractivity contribution in [3.05, 3.63) is 36.0 Å². The molecular formula is C16H20N2O3. The van der Waals surface area contributed by atoms with Gasteiger partial charge in [0.15, 0.2) is 0 Å². The maximum atomic E-state index is 12.4. The zero-order chi connectivity index (χ0) is 14.9. The number of aliphatic hydroxyl groups is 1. The van der Waals surface area contributed by atoms with Crippen LogP contribution in [-0.2, 0) is 11.8 Å². The molecule has 2 aromatic rings. The van der Waals surface area contributed by atoms with Crippen LogP contribution in [0.5, 0.6) is 0 Å². The number of aromatic nitrogens is 1. The minimum Gasteiger partial charge on any atom is -0.388 e. The molecule has 1 aromatic carbocycles. The highest BCUT2D eigenvalue weighted by molar-refractivity contribution is 6.06. The van der Waals surface area contributed by atoms with Gasteiger partial charge in [-0.15, -0.1) is 0 Å². The Morgan fingerprint density at radius 1 is 1.38 bits per heavy atom. The molecular weight excluding hydrogens is 268 g/mol. The molecule has 21 heavy (non-hydrogen) atoms. The van der Waals surface area contributed by atoms with Crippen LogP contribution < -0.4 is 5.32 Å². The van der Waals surface area contributed by atoms with Crippen molar-refractivity contribution in [3.8, 4) is 0 Å². The zero-order valence-electron chi connectivity index (χ0n) is 12.1. The largest absolute Gasteiger partial charge is 0.388 e. The summed E-state index contributed by atoms with van der Waals surface area (Å²) in [5.74, 6) is -0.147. The van der Waals surface area contributed by atoms with Crippen molar-refractivity contribution in [2.75, 3.05) is 19.8 Å². The fraction of sp³-hybridized carbons (Fsp3) is 0.438. The van der Waals surface area contributed by atoms with Gasteiger partial charge in [-0.05, 0) is 6.07 Å². The first-order valence-electron chi connectivity index (χ1n) is 7.21. The average molecular weight is 288 g/mol. The van der Waals surface area contributed by atoms with Crippen molar-refractivity contribution in [1.29, 1.82) is 0 Å². The maximum Gasteiger partial charge on any atom is 0.253 e. The third-order valence-electron chi connectivity index (χ3n) is 4.14. The topological polar surface area (TPSA) is 63.5 Å². The first kappa shape index (κ1) is 14.1. The first-order valence-corrected chi connectivity index (χ1v) is 7.21. The van der Waals surface area contributed by atoms with Crippen LogP contribution in [0.4, 0.5) is 0 Å². The van der Waals surface area contributed by atoms with Gasteiger partial charge in [-0.25, -0.2) is 0 Å². The van der Waals surface area contributed by atoms with Gasteiger partial charge in [-0.3, -0.25) is 4.79 Å². The SMILES string of the molecule is Cn1cc(C(=O)NCC2(O)CCOCC2)c2ccccc21. The molecule has 5 heteroatoms. The molecule has 1 aliphatic heterocycles. The average Bonchev–Trinajstić information content (AvgIpc) is 2.84. The van der Waals surface area contributed by atoms with Gasteiger partial charge in [0, 0.05) is 56.7 Å². The number of rotatable bonds is 3. The van der Waals surface area contributed by atoms with Gasteiger partial charge in [0.1, 0.15) is 0 Å². The quantitative estimate of drug-likeness (QED) is 0.898. The number of carbonyl (C=O) groups excluding carboxylic acids is 1. The Morgan fingerprint density at radius 3 is 2.86 bits per heavy atom. The van der Waals surface area contributed by atoms with Crippen LogP contribution in [0, 0.1) is 0 Å². The van der Waals surface area contributed by atoms with E-state index >= 15 is 0 Å². The van der Waals surface area contributed by atoms with Gasteiger partial charge < -0.3 is 19.7 Å². The molecule has 0 spiro atoms. The molecule has 2 N–H and O–H groups in total. The second-order valence-electron chi connectivity index (χ2n) is 5.69. The number of amides is 1. The van der Waals surface area contributed by atoms with Crippen LogP contribution in [0.1, 0.15) is 23.2 Å². The summed E-state index contributed by atoms with van der Waals surface area (Å²) in [6, 6.07) is 7.80. The number of nitrogens with zero attached hydrogens (tertiary/aromatic N) is 1. The van der Waals surface area contributed by atoms with Crippen LogP contribution in [0.3, 0.4) is 0 Å². The Labute approximate surface area is 123 Å². The summed E-state index contributed by atoms with van der Waals surface area (Å²) in [4.78, 5) is 12.4. The number of ether oxygens (including phenoxy) is 1. The van der Waals surface area contributed by atoms with Crippen LogP contribution in [0.15, 0.2) is 30.5 Å². The minimum absolute atomic E-state index is 0.147. The predicted octanol–water partition coefficient (Wildman–Crippen LogP) is 1.45. The minimum atomic E-state index is -0.849. The lowest BCUT2D eigenvalue weighted by Crippen LogP contribution is -2.46. The van der Waals surface area contributed by atoms with E-state index in [4.69, 9.17) is 4.74 Å². The standard InChI is InChI=1S/C16H20N2O3/c1-18-10-13(12-4-2-3-5-14(12)18)15(19)17-11-16(20)6-8-21-9-7-16/h2-5,10,20H,6-9,11H2,1H3,(H,17,19). The highest BCUT2D eigenvalue weighted by atomic mass is 16.5. The first-order chi connectivity index (χ1) is 10.1. The summed E-state index contributed by atoms with van der Waals surface area (Å²) in [6.07, 6.45) is 2.94. The Kier molecular flexibility index (Phi) is 3.69. The van der Waals surface area contributed by atoms with Crippen molar-refractivity contribution in [3.63, 3.8) is 0 Å². The van der Waals surface area contributed by atoms with Crippen molar-refractivity contribution in [2.24, 2.45) is 7.05 Å². The molecule has 0 bridgehead atoms. The van der Waals surface area contributed by atoms with Crippen molar-refractivity contribution < 1.29 is 14.6 Å². The van der Waals surface area contributed by atoms with Crippen molar-refractivity contribution >= 4 is 16.8 Å². The molecule has 5 nitrogen and oxygen atoms in total. The molecule has 0 unspecified atom stereocenters. The molecule has 112 valence electrons. The molecule has 3 rings (SSSR count). The molecule has 1 aromatic heterocycles. The predicted molar refractivity (Wildman–Crippen MR) is 80.3 cm³/mol. The van der Waals surface area contributed by atoms with Crippen LogP contribution in [-0.4, -0.2) is 40.9 Å². The van der Waals surface area contributed by atoms with Gasteiger partial charge >= 0.3 is 0 Å². The van der Waals surface area contributed by atoms with E-state index < -0.39 is 5.60 Å². The number of fused-ring (bicyclic) bond motifs is 1. The van der Waals surface area contributed by atoms with Crippen molar-refractivity contribution in [2.45, 2.75) is 18.4 Å². The second kappa shape index (κ2) is 5.50. The van der Waals surface area contributed by atoms with Gasteiger partial charge in [0.2, 0.25) is 0 Å². The lowest BCUT2D eigenvalue weighted by molar-refractivity contribution is -0.0605. The Hall–Kier alpha value is -1.85. The van der Waals surface area contributed by atoms with E-state index in [0.717, 1.165) is 10.9 Å². The maximum absolute atomic E-state index is 12.4. The van der Waals surface area contributed by atoms with E-state index in [2.05, 4.69) is 5.32 Å². The van der Waals surface area contributed by atoms with Crippen LogP contribution in [0.2, 0.25) is 0 Å². The zero-order valence-corrected chi connectivity index (χ0v) is 12.1. The van der Waals surface area contributed by atoms with Gasteiger partial charge in [0.25, 0.3) is 5.91 Å². The van der Waals surface area contributed by atoms with E-state index in [9.17, 15) is 9.90 Å². The molecule has 1 fully saturated rings. The summed E-state index contributed by atoms with van der Waals surface area (Å²) < 4.78 is 7.18. The van der Waals surface area contributed by atoms with Gasteiger partial charge in [-0.1, -0.05) is 18.2 Å². The molecule has 0 saturated carbocycles. The third kappa shape index (κ3) is 2.80.